The van der Waals surface area contributed by atoms with Crippen molar-refractivity contribution in [3.63, 3.8) is 0 Å². The Morgan fingerprint density at radius 2 is 1.78 bits per heavy atom. The highest BCUT2D eigenvalue weighted by Crippen LogP contribution is 2.23. The summed E-state index contributed by atoms with van der Waals surface area (Å²) in [7, 11) is 1.64. The average molecular weight is 313 g/mol. The Balaban J connectivity index is 2.16. The van der Waals surface area contributed by atoms with Crippen molar-refractivity contribution < 1.29 is 14.3 Å². The molecule has 0 aliphatic carbocycles. The van der Waals surface area contributed by atoms with Crippen LogP contribution in [0.4, 0.5) is 0 Å². The van der Waals surface area contributed by atoms with Crippen molar-refractivity contribution in [1.29, 1.82) is 0 Å². The molecule has 2 aromatic rings. The summed E-state index contributed by atoms with van der Waals surface area (Å²) >= 11 is 0. The Bertz CT molecular complexity index is 637. The van der Waals surface area contributed by atoms with Crippen LogP contribution in [0.3, 0.4) is 0 Å². The predicted octanol–water partition coefficient (Wildman–Crippen LogP) is 3.98. The van der Waals surface area contributed by atoms with Crippen molar-refractivity contribution in [1.82, 2.24) is 5.32 Å². The van der Waals surface area contributed by atoms with E-state index in [1.807, 2.05) is 56.3 Å². The molecule has 0 saturated carbocycles. The van der Waals surface area contributed by atoms with Gasteiger partial charge in [-0.1, -0.05) is 31.2 Å². The van der Waals surface area contributed by atoms with Crippen LogP contribution in [0.2, 0.25) is 0 Å². The Morgan fingerprint density at radius 3 is 2.39 bits per heavy atom. The third-order valence-corrected chi connectivity index (χ3v) is 3.66. The maximum Gasteiger partial charge on any atom is 0.255 e. The normalized spacial score (nSPS) is 11.6. The lowest BCUT2D eigenvalue weighted by Gasteiger charge is -2.19. The first-order chi connectivity index (χ1) is 11.2. The second kappa shape index (κ2) is 8.22. The van der Waals surface area contributed by atoms with Gasteiger partial charge in [0, 0.05) is 0 Å². The largest absolute Gasteiger partial charge is 0.497 e. The second-order valence-corrected chi connectivity index (χ2v) is 5.14. The van der Waals surface area contributed by atoms with Gasteiger partial charge in [0.2, 0.25) is 0 Å². The number of methoxy groups -OCH3 is 1. The van der Waals surface area contributed by atoms with Gasteiger partial charge in [0.1, 0.15) is 11.5 Å². The molecule has 0 radical (unpaired) electrons. The predicted molar refractivity (Wildman–Crippen MR) is 91.1 cm³/mol. The molecule has 0 aliphatic heterocycles. The summed E-state index contributed by atoms with van der Waals surface area (Å²) in [6, 6.07) is 15.0. The molecule has 0 heterocycles. The zero-order chi connectivity index (χ0) is 16.7. The Kier molecular flexibility index (Phi) is 6.03. The van der Waals surface area contributed by atoms with Gasteiger partial charge in [-0.15, -0.1) is 0 Å². The monoisotopic (exact) mass is 313 g/mol. The highest BCUT2D eigenvalue weighted by Gasteiger charge is 2.17. The van der Waals surface area contributed by atoms with Gasteiger partial charge < -0.3 is 14.8 Å². The van der Waals surface area contributed by atoms with Gasteiger partial charge in [-0.25, -0.2) is 0 Å². The molecule has 1 unspecified atom stereocenters. The van der Waals surface area contributed by atoms with Gasteiger partial charge in [-0.05, 0) is 43.2 Å². The Labute approximate surface area is 137 Å². The summed E-state index contributed by atoms with van der Waals surface area (Å²) in [6.07, 6.45) is 0.800. The van der Waals surface area contributed by atoms with Crippen LogP contribution < -0.4 is 14.8 Å². The lowest BCUT2D eigenvalue weighted by molar-refractivity contribution is 0.0931. The molecule has 0 fully saturated rings. The third kappa shape index (κ3) is 4.25. The highest BCUT2D eigenvalue weighted by molar-refractivity contribution is 5.97. The lowest BCUT2D eigenvalue weighted by atomic mass is 10.0. The fourth-order valence-electron chi connectivity index (χ4n) is 2.43. The minimum atomic E-state index is -0.128. The van der Waals surface area contributed by atoms with Crippen molar-refractivity contribution in [3.05, 3.63) is 59.7 Å². The molecule has 4 nitrogen and oxygen atoms in total. The van der Waals surface area contributed by atoms with E-state index in [1.54, 1.807) is 13.2 Å². The molecular weight excluding hydrogens is 290 g/mol. The fourth-order valence-corrected chi connectivity index (χ4v) is 2.43. The number of hydrogen-bond acceptors (Lipinski definition) is 3. The first kappa shape index (κ1) is 16.9. The van der Waals surface area contributed by atoms with Gasteiger partial charge in [-0.2, -0.15) is 0 Å². The molecule has 1 N–H and O–H groups in total. The van der Waals surface area contributed by atoms with Crippen molar-refractivity contribution in [3.8, 4) is 11.5 Å². The number of ether oxygens (including phenoxy) is 2. The molecule has 0 aliphatic rings. The highest BCUT2D eigenvalue weighted by atomic mass is 16.5. The topological polar surface area (TPSA) is 47.6 Å². The van der Waals surface area contributed by atoms with Crippen LogP contribution in [0, 0.1) is 0 Å². The number of rotatable bonds is 7. The molecule has 23 heavy (non-hydrogen) atoms. The number of hydrogen-bond donors (Lipinski definition) is 1. The maximum atomic E-state index is 12.6. The zero-order valence-electron chi connectivity index (χ0n) is 13.8. The molecule has 1 atom stereocenters. The lowest BCUT2D eigenvalue weighted by Crippen LogP contribution is -2.28. The molecule has 0 spiro atoms. The average Bonchev–Trinajstić information content (AvgIpc) is 2.60. The van der Waals surface area contributed by atoms with Crippen LogP contribution in [-0.2, 0) is 0 Å². The van der Waals surface area contributed by atoms with Crippen molar-refractivity contribution >= 4 is 5.91 Å². The maximum absolute atomic E-state index is 12.6. The van der Waals surface area contributed by atoms with E-state index in [1.165, 1.54) is 0 Å². The summed E-state index contributed by atoms with van der Waals surface area (Å²) < 4.78 is 10.7. The third-order valence-electron chi connectivity index (χ3n) is 3.66. The molecular formula is C19H23NO3. The number of carbonyl (C=O) groups is 1. The number of nitrogens with one attached hydrogen (secondary N) is 1. The summed E-state index contributed by atoms with van der Waals surface area (Å²) in [5.41, 5.74) is 1.61. The zero-order valence-corrected chi connectivity index (χ0v) is 13.8. The molecule has 0 saturated heterocycles. The van der Waals surface area contributed by atoms with E-state index >= 15 is 0 Å². The molecule has 0 bridgehead atoms. The Morgan fingerprint density at radius 1 is 1.09 bits per heavy atom. The minimum Gasteiger partial charge on any atom is -0.497 e. The minimum absolute atomic E-state index is 0.0527. The van der Waals surface area contributed by atoms with E-state index < -0.39 is 0 Å². The number of amides is 1. The Hall–Kier alpha value is -2.49. The van der Waals surface area contributed by atoms with Crippen molar-refractivity contribution in [2.45, 2.75) is 26.3 Å². The van der Waals surface area contributed by atoms with Crippen LogP contribution in [0.25, 0.3) is 0 Å². The summed E-state index contributed by atoms with van der Waals surface area (Å²) in [4.78, 5) is 12.6. The fraction of sp³-hybridized carbons (Fsp3) is 0.316. The van der Waals surface area contributed by atoms with Gasteiger partial charge in [-0.3, -0.25) is 4.79 Å². The van der Waals surface area contributed by atoms with E-state index in [9.17, 15) is 4.79 Å². The summed E-state index contributed by atoms with van der Waals surface area (Å²) in [6.45, 7) is 4.48. The summed E-state index contributed by atoms with van der Waals surface area (Å²) in [5, 5.41) is 3.08. The number of benzene rings is 2. The molecule has 2 aromatic carbocycles. The number of carbonyl (C=O) groups excluding carboxylic acids is 1. The molecule has 2 rings (SSSR count). The first-order valence-corrected chi connectivity index (χ1v) is 7.86. The van der Waals surface area contributed by atoms with Crippen LogP contribution in [0.1, 0.15) is 42.2 Å². The molecule has 122 valence electrons. The molecule has 4 heteroatoms. The van der Waals surface area contributed by atoms with E-state index in [4.69, 9.17) is 9.47 Å². The first-order valence-electron chi connectivity index (χ1n) is 7.86. The molecule has 1 amide bonds. The van der Waals surface area contributed by atoms with Crippen LogP contribution in [-0.4, -0.2) is 19.6 Å². The van der Waals surface area contributed by atoms with Crippen molar-refractivity contribution in [2.75, 3.05) is 13.7 Å². The van der Waals surface area contributed by atoms with Gasteiger partial charge in [0.15, 0.2) is 0 Å². The quantitative estimate of drug-likeness (QED) is 0.841. The van der Waals surface area contributed by atoms with Crippen LogP contribution in [0.15, 0.2) is 48.5 Å². The van der Waals surface area contributed by atoms with E-state index in [-0.39, 0.29) is 11.9 Å². The van der Waals surface area contributed by atoms with Crippen LogP contribution >= 0.6 is 0 Å². The number of para-hydroxylation sites is 1. The summed E-state index contributed by atoms with van der Waals surface area (Å²) in [5.74, 6) is 1.28. The van der Waals surface area contributed by atoms with E-state index in [0.717, 1.165) is 17.7 Å². The van der Waals surface area contributed by atoms with E-state index in [0.29, 0.717) is 17.9 Å². The van der Waals surface area contributed by atoms with E-state index in [2.05, 4.69) is 5.32 Å². The van der Waals surface area contributed by atoms with Gasteiger partial charge in [0.05, 0.1) is 25.3 Å². The standard InChI is InChI=1S/C19H23NO3/c1-4-17(14-10-12-15(22-3)13-11-14)20-19(21)16-8-6-7-9-18(16)23-5-2/h6-13,17H,4-5H2,1-3H3,(H,20,21). The second-order valence-electron chi connectivity index (χ2n) is 5.14. The van der Waals surface area contributed by atoms with Gasteiger partial charge in [0.25, 0.3) is 5.91 Å². The molecule has 0 aromatic heterocycles. The van der Waals surface area contributed by atoms with Crippen LogP contribution in [0.5, 0.6) is 11.5 Å². The van der Waals surface area contributed by atoms with Gasteiger partial charge >= 0.3 is 0 Å². The van der Waals surface area contributed by atoms with Crippen molar-refractivity contribution in [2.24, 2.45) is 0 Å². The smallest absolute Gasteiger partial charge is 0.255 e. The SMILES string of the molecule is CCOc1ccccc1C(=O)NC(CC)c1ccc(OC)cc1.